The number of nitrogens with zero attached hydrogens (tertiary/aromatic N) is 1. The van der Waals surface area contributed by atoms with Gasteiger partial charge in [-0.05, 0) is 36.5 Å². The van der Waals surface area contributed by atoms with Gasteiger partial charge in [-0.25, -0.2) is 0 Å². The lowest BCUT2D eigenvalue weighted by atomic mass is 10.1. The summed E-state index contributed by atoms with van der Waals surface area (Å²) >= 11 is 0. The number of rotatable bonds is 7. The highest BCUT2D eigenvalue weighted by atomic mass is 16.5. The van der Waals surface area contributed by atoms with Crippen molar-refractivity contribution >= 4 is 0 Å². The van der Waals surface area contributed by atoms with Crippen molar-refractivity contribution in [2.24, 2.45) is 11.7 Å². The molecule has 1 aromatic carbocycles. The predicted molar refractivity (Wildman–Crippen MR) is 88.4 cm³/mol. The maximum atomic E-state index is 5.79. The van der Waals surface area contributed by atoms with Gasteiger partial charge >= 0.3 is 0 Å². The number of benzene rings is 1. The lowest BCUT2D eigenvalue weighted by Crippen LogP contribution is -2.35. The molecule has 0 spiro atoms. The maximum Gasteiger partial charge on any atom is 0.123 e. The summed E-state index contributed by atoms with van der Waals surface area (Å²) in [6.45, 7) is 7.32. The molecule has 0 aliphatic heterocycles. The van der Waals surface area contributed by atoms with Gasteiger partial charge in [0.05, 0.1) is 7.11 Å². The largest absolute Gasteiger partial charge is 0.496 e. The van der Waals surface area contributed by atoms with Crippen LogP contribution in [0.25, 0.3) is 0 Å². The summed E-state index contributed by atoms with van der Waals surface area (Å²) in [5.41, 5.74) is 8.24. The van der Waals surface area contributed by atoms with Gasteiger partial charge in [0, 0.05) is 31.2 Å². The molecule has 0 radical (unpaired) electrons. The smallest absolute Gasteiger partial charge is 0.123 e. The Hall–Kier alpha value is -1.06. The Morgan fingerprint density at radius 3 is 2.57 bits per heavy atom. The van der Waals surface area contributed by atoms with Gasteiger partial charge in [-0.3, -0.25) is 4.90 Å². The SMILES string of the molecule is COc1ccc(CN)cc1CN(CC(C)C)C1CCCC1. The third-order valence-electron chi connectivity index (χ3n) is 4.39. The van der Waals surface area contributed by atoms with Crippen molar-refractivity contribution in [2.75, 3.05) is 13.7 Å². The van der Waals surface area contributed by atoms with Gasteiger partial charge in [0.15, 0.2) is 0 Å². The van der Waals surface area contributed by atoms with Gasteiger partial charge in [-0.1, -0.05) is 32.8 Å². The van der Waals surface area contributed by atoms with Crippen LogP contribution in [0, 0.1) is 5.92 Å². The lowest BCUT2D eigenvalue weighted by molar-refractivity contribution is 0.167. The second kappa shape index (κ2) is 7.81. The molecule has 0 saturated heterocycles. The molecule has 1 fully saturated rings. The van der Waals surface area contributed by atoms with Gasteiger partial charge in [0.2, 0.25) is 0 Å². The van der Waals surface area contributed by atoms with Crippen molar-refractivity contribution in [1.82, 2.24) is 4.90 Å². The van der Waals surface area contributed by atoms with Crippen molar-refractivity contribution in [3.63, 3.8) is 0 Å². The highest BCUT2D eigenvalue weighted by molar-refractivity contribution is 5.37. The second-order valence-electron chi connectivity index (χ2n) is 6.61. The van der Waals surface area contributed by atoms with Crippen molar-refractivity contribution in [3.8, 4) is 5.75 Å². The summed E-state index contributed by atoms with van der Waals surface area (Å²) in [6, 6.07) is 7.06. The van der Waals surface area contributed by atoms with E-state index in [1.54, 1.807) is 7.11 Å². The van der Waals surface area contributed by atoms with E-state index in [1.165, 1.54) is 36.8 Å². The van der Waals surface area contributed by atoms with Crippen molar-refractivity contribution < 1.29 is 4.74 Å². The van der Waals surface area contributed by atoms with Gasteiger partial charge < -0.3 is 10.5 Å². The zero-order chi connectivity index (χ0) is 15.2. The molecule has 2 rings (SSSR count). The second-order valence-corrected chi connectivity index (χ2v) is 6.61. The number of methoxy groups -OCH3 is 1. The van der Waals surface area contributed by atoms with Gasteiger partial charge in [0.1, 0.15) is 5.75 Å². The van der Waals surface area contributed by atoms with E-state index in [0.29, 0.717) is 12.5 Å². The molecule has 0 amide bonds. The van der Waals surface area contributed by atoms with Crippen LogP contribution in [0.4, 0.5) is 0 Å². The molecule has 0 unspecified atom stereocenters. The first-order chi connectivity index (χ1) is 10.1. The molecule has 118 valence electrons. The van der Waals surface area contributed by atoms with Crippen LogP contribution in [0.2, 0.25) is 0 Å². The van der Waals surface area contributed by atoms with E-state index in [0.717, 1.165) is 24.9 Å². The van der Waals surface area contributed by atoms with Crippen LogP contribution in [0.1, 0.15) is 50.7 Å². The molecule has 3 heteroatoms. The molecule has 0 heterocycles. The fourth-order valence-electron chi connectivity index (χ4n) is 3.38. The molecule has 21 heavy (non-hydrogen) atoms. The molecule has 1 aliphatic rings. The lowest BCUT2D eigenvalue weighted by Gasteiger charge is -2.31. The Morgan fingerprint density at radius 2 is 2.00 bits per heavy atom. The van der Waals surface area contributed by atoms with Crippen molar-refractivity contribution in [1.29, 1.82) is 0 Å². The highest BCUT2D eigenvalue weighted by Gasteiger charge is 2.24. The summed E-state index contributed by atoms with van der Waals surface area (Å²) in [4.78, 5) is 2.65. The molecule has 2 N–H and O–H groups in total. The van der Waals surface area contributed by atoms with Crippen LogP contribution >= 0.6 is 0 Å². The van der Waals surface area contributed by atoms with E-state index in [4.69, 9.17) is 10.5 Å². The quantitative estimate of drug-likeness (QED) is 0.834. The van der Waals surface area contributed by atoms with Crippen LogP contribution in [0.15, 0.2) is 18.2 Å². The molecular weight excluding hydrogens is 260 g/mol. The van der Waals surface area contributed by atoms with E-state index in [-0.39, 0.29) is 0 Å². The third-order valence-corrected chi connectivity index (χ3v) is 4.39. The molecule has 3 nitrogen and oxygen atoms in total. The number of ether oxygens (including phenoxy) is 1. The van der Waals surface area contributed by atoms with E-state index in [9.17, 15) is 0 Å². The third kappa shape index (κ3) is 4.45. The van der Waals surface area contributed by atoms with E-state index in [2.05, 4.69) is 36.9 Å². The fraction of sp³-hybridized carbons (Fsp3) is 0.667. The summed E-state index contributed by atoms with van der Waals surface area (Å²) < 4.78 is 5.55. The molecule has 0 aromatic heterocycles. The Bertz CT molecular complexity index is 439. The average molecular weight is 290 g/mol. The normalized spacial score (nSPS) is 16.1. The Morgan fingerprint density at radius 1 is 1.29 bits per heavy atom. The first kappa shape index (κ1) is 16.3. The summed E-state index contributed by atoms with van der Waals surface area (Å²) in [5, 5.41) is 0. The zero-order valence-corrected chi connectivity index (χ0v) is 13.8. The van der Waals surface area contributed by atoms with Gasteiger partial charge in [-0.15, -0.1) is 0 Å². The topological polar surface area (TPSA) is 38.5 Å². The molecule has 1 saturated carbocycles. The van der Waals surface area contributed by atoms with Gasteiger partial charge in [0.25, 0.3) is 0 Å². The Kier molecular flexibility index (Phi) is 6.07. The van der Waals surface area contributed by atoms with Crippen LogP contribution in [0.5, 0.6) is 5.75 Å². The number of hydrogen-bond donors (Lipinski definition) is 1. The number of hydrogen-bond acceptors (Lipinski definition) is 3. The minimum atomic E-state index is 0.588. The Balaban J connectivity index is 2.17. The minimum Gasteiger partial charge on any atom is -0.496 e. The van der Waals surface area contributed by atoms with E-state index >= 15 is 0 Å². The molecule has 1 aromatic rings. The van der Waals surface area contributed by atoms with E-state index in [1.807, 2.05) is 0 Å². The molecular formula is C18H30N2O. The summed E-state index contributed by atoms with van der Waals surface area (Å²) in [5.74, 6) is 1.67. The first-order valence-corrected chi connectivity index (χ1v) is 8.24. The standard InChI is InChI=1S/C18H30N2O/c1-14(2)12-20(17-6-4-5-7-17)13-16-10-15(11-19)8-9-18(16)21-3/h8-10,14,17H,4-7,11-13,19H2,1-3H3. The zero-order valence-electron chi connectivity index (χ0n) is 13.8. The minimum absolute atomic E-state index is 0.588. The van der Waals surface area contributed by atoms with Crippen LogP contribution in [-0.2, 0) is 13.1 Å². The predicted octanol–water partition coefficient (Wildman–Crippen LogP) is 3.55. The summed E-state index contributed by atoms with van der Waals surface area (Å²) in [6.07, 6.45) is 5.43. The Labute approximate surface area is 129 Å². The number of nitrogens with two attached hydrogens (primary N) is 1. The van der Waals surface area contributed by atoms with E-state index < -0.39 is 0 Å². The fourth-order valence-corrected chi connectivity index (χ4v) is 3.38. The van der Waals surface area contributed by atoms with Crippen LogP contribution in [-0.4, -0.2) is 24.6 Å². The van der Waals surface area contributed by atoms with Crippen molar-refractivity contribution in [3.05, 3.63) is 29.3 Å². The van der Waals surface area contributed by atoms with Crippen molar-refractivity contribution in [2.45, 2.75) is 58.7 Å². The molecule has 0 bridgehead atoms. The van der Waals surface area contributed by atoms with Gasteiger partial charge in [-0.2, -0.15) is 0 Å². The molecule has 0 atom stereocenters. The highest BCUT2D eigenvalue weighted by Crippen LogP contribution is 2.28. The van der Waals surface area contributed by atoms with Crippen LogP contribution in [0.3, 0.4) is 0 Å². The average Bonchev–Trinajstić information content (AvgIpc) is 3.00. The monoisotopic (exact) mass is 290 g/mol. The summed E-state index contributed by atoms with van der Waals surface area (Å²) in [7, 11) is 1.75. The van der Waals surface area contributed by atoms with Crippen LogP contribution < -0.4 is 10.5 Å². The molecule has 1 aliphatic carbocycles. The first-order valence-electron chi connectivity index (χ1n) is 8.24. The maximum absolute atomic E-state index is 5.79.